The van der Waals surface area contributed by atoms with Crippen molar-refractivity contribution in [3.05, 3.63) is 72.2 Å². The predicted molar refractivity (Wildman–Crippen MR) is 109 cm³/mol. The number of nitrogens with zero attached hydrogens (tertiary/aromatic N) is 4. The van der Waals surface area contributed by atoms with E-state index in [-0.39, 0.29) is 5.91 Å². The predicted octanol–water partition coefficient (Wildman–Crippen LogP) is 3.73. The standard InChI is InChI=1S/C22H21N5O/c28-22(26-11-6-7-12-26)18-17-10-4-5-13-27(17)21-19(18)20(24-15-25-21)23-14-16-8-2-1-3-9-16/h1-5,8-10,13,15H,6-7,11-12,14H2,(H,23,24,25). The van der Waals surface area contributed by atoms with Crippen LogP contribution < -0.4 is 5.32 Å². The zero-order valence-electron chi connectivity index (χ0n) is 15.5. The molecule has 28 heavy (non-hydrogen) atoms. The number of likely N-dealkylation sites (tertiary alicyclic amines) is 1. The molecule has 0 spiro atoms. The molecule has 140 valence electrons. The molecule has 1 aromatic carbocycles. The Hall–Kier alpha value is -3.41. The lowest BCUT2D eigenvalue weighted by atomic mass is 10.1. The minimum atomic E-state index is 0.0637. The van der Waals surface area contributed by atoms with Gasteiger partial charge in [0.1, 0.15) is 12.1 Å². The Labute approximate surface area is 162 Å². The van der Waals surface area contributed by atoms with Crippen LogP contribution >= 0.6 is 0 Å². The largest absolute Gasteiger partial charge is 0.365 e. The van der Waals surface area contributed by atoms with Crippen LogP contribution in [0.15, 0.2) is 61.1 Å². The molecule has 0 saturated carbocycles. The van der Waals surface area contributed by atoms with Crippen LogP contribution in [0.1, 0.15) is 28.8 Å². The third-order valence-corrected chi connectivity index (χ3v) is 5.33. The maximum atomic E-state index is 13.4. The van der Waals surface area contributed by atoms with Gasteiger partial charge >= 0.3 is 0 Å². The van der Waals surface area contributed by atoms with E-state index >= 15 is 0 Å². The van der Waals surface area contributed by atoms with Crippen molar-refractivity contribution in [1.29, 1.82) is 0 Å². The quantitative estimate of drug-likeness (QED) is 0.594. The molecule has 5 rings (SSSR count). The van der Waals surface area contributed by atoms with E-state index in [1.54, 1.807) is 6.33 Å². The molecule has 1 aliphatic rings. The second-order valence-corrected chi connectivity index (χ2v) is 7.09. The van der Waals surface area contributed by atoms with Crippen LogP contribution in [0.2, 0.25) is 0 Å². The molecule has 1 saturated heterocycles. The average molecular weight is 371 g/mol. The lowest BCUT2D eigenvalue weighted by Crippen LogP contribution is -2.27. The number of hydrogen-bond donors (Lipinski definition) is 1. The molecule has 1 aliphatic heterocycles. The first kappa shape index (κ1) is 16.7. The molecule has 0 unspecified atom stereocenters. The number of benzene rings is 1. The molecule has 6 nitrogen and oxygen atoms in total. The van der Waals surface area contributed by atoms with Crippen LogP contribution in [-0.4, -0.2) is 38.3 Å². The van der Waals surface area contributed by atoms with Gasteiger partial charge in [0.25, 0.3) is 5.91 Å². The molecule has 0 atom stereocenters. The highest BCUT2D eigenvalue weighted by Crippen LogP contribution is 2.32. The first-order valence-electron chi connectivity index (χ1n) is 9.64. The monoisotopic (exact) mass is 371 g/mol. The number of hydrogen-bond acceptors (Lipinski definition) is 4. The van der Waals surface area contributed by atoms with Gasteiger partial charge in [-0.05, 0) is 30.5 Å². The zero-order valence-corrected chi connectivity index (χ0v) is 15.5. The van der Waals surface area contributed by atoms with E-state index in [0.29, 0.717) is 17.9 Å². The molecule has 4 aromatic rings. The lowest BCUT2D eigenvalue weighted by molar-refractivity contribution is 0.0796. The summed E-state index contributed by atoms with van der Waals surface area (Å²) in [5.74, 6) is 0.758. The second kappa shape index (κ2) is 6.96. The van der Waals surface area contributed by atoms with Crippen molar-refractivity contribution in [3.8, 4) is 0 Å². The Bertz CT molecular complexity index is 1150. The number of nitrogens with one attached hydrogen (secondary N) is 1. The van der Waals surface area contributed by atoms with Gasteiger partial charge in [0.15, 0.2) is 5.65 Å². The first-order chi connectivity index (χ1) is 13.8. The van der Waals surface area contributed by atoms with E-state index in [2.05, 4.69) is 27.4 Å². The van der Waals surface area contributed by atoms with Crippen LogP contribution in [0.3, 0.4) is 0 Å². The molecule has 0 bridgehead atoms. The zero-order chi connectivity index (χ0) is 18.9. The summed E-state index contributed by atoms with van der Waals surface area (Å²) in [5, 5.41) is 4.21. The summed E-state index contributed by atoms with van der Waals surface area (Å²) in [7, 11) is 0. The van der Waals surface area contributed by atoms with Gasteiger partial charge in [-0.3, -0.25) is 4.79 Å². The van der Waals surface area contributed by atoms with Gasteiger partial charge in [-0.25, -0.2) is 9.97 Å². The number of pyridine rings is 1. The van der Waals surface area contributed by atoms with Gasteiger partial charge in [-0.15, -0.1) is 0 Å². The molecule has 4 heterocycles. The van der Waals surface area contributed by atoms with Gasteiger partial charge in [-0.1, -0.05) is 36.4 Å². The van der Waals surface area contributed by atoms with Gasteiger partial charge < -0.3 is 14.6 Å². The van der Waals surface area contributed by atoms with Crippen molar-refractivity contribution in [1.82, 2.24) is 19.3 Å². The minimum Gasteiger partial charge on any atom is -0.365 e. The fraction of sp³-hybridized carbons (Fsp3) is 0.227. The smallest absolute Gasteiger partial charge is 0.256 e. The highest BCUT2D eigenvalue weighted by molar-refractivity contribution is 6.16. The van der Waals surface area contributed by atoms with E-state index in [1.165, 1.54) is 0 Å². The third-order valence-electron chi connectivity index (χ3n) is 5.33. The van der Waals surface area contributed by atoms with Crippen molar-refractivity contribution < 1.29 is 4.79 Å². The van der Waals surface area contributed by atoms with Crippen molar-refractivity contribution in [2.24, 2.45) is 0 Å². The Kier molecular flexibility index (Phi) is 4.16. The summed E-state index contributed by atoms with van der Waals surface area (Å²) in [6.45, 7) is 2.26. The molecule has 0 aliphatic carbocycles. The summed E-state index contributed by atoms with van der Waals surface area (Å²) in [6, 6.07) is 16.1. The summed E-state index contributed by atoms with van der Waals surface area (Å²) in [4.78, 5) is 24.3. The Balaban J connectivity index is 1.65. The highest BCUT2D eigenvalue weighted by Gasteiger charge is 2.27. The van der Waals surface area contributed by atoms with Gasteiger partial charge in [0.2, 0.25) is 0 Å². The van der Waals surface area contributed by atoms with Gasteiger partial charge in [0.05, 0.1) is 16.5 Å². The van der Waals surface area contributed by atoms with Crippen LogP contribution in [0.5, 0.6) is 0 Å². The van der Waals surface area contributed by atoms with Crippen molar-refractivity contribution in [2.45, 2.75) is 19.4 Å². The summed E-state index contributed by atoms with van der Waals surface area (Å²) < 4.78 is 1.98. The number of anilines is 1. The number of amides is 1. The summed E-state index contributed by atoms with van der Waals surface area (Å²) in [6.07, 6.45) is 5.63. The molecule has 3 aromatic heterocycles. The van der Waals surface area contributed by atoms with Gasteiger partial charge in [-0.2, -0.15) is 0 Å². The Morgan fingerprint density at radius 2 is 1.79 bits per heavy atom. The molecule has 1 N–H and O–H groups in total. The Morgan fingerprint density at radius 1 is 1.00 bits per heavy atom. The fourth-order valence-electron chi connectivity index (χ4n) is 3.96. The van der Waals surface area contributed by atoms with E-state index in [4.69, 9.17) is 0 Å². The maximum Gasteiger partial charge on any atom is 0.256 e. The summed E-state index contributed by atoms with van der Waals surface area (Å²) >= 11 is 0. The van der Waals surface area contributed by atoms with Crippen LogP contribution in [0.25, 0.3) is 16.6 Å². The van der Waals surface area contributed by atoms with Gasteiger partial charge in [0, 0.05) is 25.8 Å². The van der Waals surface area contributed by atoms with Crippen molar-refractivity contribution >= 4 is 28.3 Å². The number of fused-ring (bicyclic) bond motifs is 3. The van der Waals surface area contributed by atoms with Crippen LogP contribution in [-0.2, 0) is 6.54 Å². The number of carbonyl (C=O) groups excluding carboxylic acids is 1. The average Bonchev–Trinajstić information content (AvgIpc) is 3.39. The molecular weight excluding hydrogens is 350 g/mol. The van der Waals surface area contributed by atoms with E-state index in [9.17, 15) is 4.79 Å². The summed E-state index contributed by atoms with van der Waals surface area (Å²) in [5.41, 5.74) is 3.47. The van der Waals surface area contributed by atoms with Crippen molar-refractivity contribution in [3.63, 3.8) is 0 Å². The first-order valence-corrected chi connectivity index (χ1v) is 9.64. The minimum absolute atomic E-state index is 0.0637. The third kappa shape index (κ3) is 2.78. The molecule has 6 heteroatoms. The lowest BCUT2D eigenvalue weighted by Gasteiger charge is -2.15. The fourth-order valence-corrected chi connectivity index (χ4v) is 3.96. The second-order valence-electron chi connectivity index (χ2n) is 7.09. The molecular formula is C22H21N5O. The molecule has 0 radical (unpaired) electrons. The normalized spacial score (nSPS) is 14.1. The van der Waals surface area contributed by atoms with E-state index in [1.807, 2.05) is 51.9 Å². The maximum absolute atomic E-state index is 13.4. The van der Waals surface area contributed by atoms with Crippen LogP contribution in [0, 0.1) is 0 Å². The number of carbonyl (C=O) groups is 1. The molecule has 1 amide bonds. The van der Waals surface area contributed by atoms with E-state index < -0.39 is 0 Å². The highest BCUT2D eigenvalue weighted by atomic mass is 16.2. The molecule has 1 fully saturated rings. The van der Waals surface area contributed by atoms with Crippen LogP contribution in [0.4, 0.5) is 5.82 Å². The topological polar surface area (TPSA) is 62.5 Å². The van der Waals surface area contributed by atoms with E-state index in [0.717, 1.165) is 48.0 Å². The van der Waals surface area contributed by atoms with Crippen molar-refractivity contribution in [2.75, 3.05) is 18.4 Å². The number of aromatic nitrogens is 3. The Morgan fingerprint density at radius 3 is 2.61 bits per heavy atom. The number of rotatable bonds is 4. The SMILES string of the molecule is O=C(c1c2c(NCc3ccccc3)ncnc2n2ccccc12)N1CCCC1.